The maximum absolute atomic E-state index is 6.73. The van der Waals surface area contributed by atoms with Gasteiger partial charge in [-0.1, -0.05) is 27.2 Å². The first-order valence-corrected chi connectivity index (χ1v) is 7.84. The van der Waals surface area contributed by atoms with Crippen LogP contribution in [0.4, 0.5) is 0 Å². The Hall–Kier alpha value is -0.0800. The van der Waals surface area contributed by atoms with Gasteiger partial charge in [0.05, 0.1) is 0 Å². The second-order valence-electron chi connectivity index (χ2n) is 7.24. The molecule has 0 aromatic carbocycles. The smallest absolute Gasteiger partial charge is 0.0469 e. The lowest BCUT2D eigenvalue weighted by molar-refractivity contribution is 0.0134. The molecule has 0 atom stereocenters. The van der Waals surface area contributed by atoms with E-state index in [1.807, 2.05) is 0 Å². The fourth-order valence-corrected chi connectivity index (χ4v) is 3.91. The zero-order valence-electron chi connectivity index (χ0n) is 12.5. The lowest BCUT2D eigenvalue weighted by atomic mass is 9.62. The van der Waals surface area contributed by atoms with Crippen LogP contribution in [0.15, 0.2) is 0 Å². The summed E-state index contributed by atoms with van der Waals surface area (Å²) in [7, 11) is 0. The van der Waals surface area contributed by atoms with Crippen LogP contribution in [0.25, 0.3) is 0 Å². The third-order valence-electron chi connectivity index (χ3n) is 5.97. The Bertz CT molecular complexity index is 260. The fourth-order valence-electron chi connectivity index (χ4n) is 3.91. The Balaban J connectivity index is 1.92. The Morgan fingerprint density at radius 2 is 1.67 bits per heavy atom. The van der Waals surface area contributed by atoms with Crippen molar-refractivity contribution in [3.8, 4) is 0 Å². The molecule has 2 aliphatic rings. The largest absolute Gasteiger partial charge is 0.381 e. The molecular weight excluding hydrogens is 222 g/mol. The number of rotatable bonds is 3. The van der Waals surface area contributed by atoms with Crippen molar-refractivity contribution in [2.75, 3.05) is 13.2 Å². The van der Waals surface area contributed by atoms with Gasteiger partial charge in [0, 0.05) is 18.8 Å². The summed E-state index contributed by atoms with van der Waals surface area (Å²) in [5, 5.41) is 0. The van der Waals surface area contributed by atoms with Crippen LogP contribution in [0.2, 0.25) is 0 Å². The molecule has 0 amide bonds. The summed E-state index contributed by atoms with van der Waals surface area (Å²) < 4.78 is 5.47. The van der Waals surface area contributed by atoms with Gasteiger partial charge in [-0.2, -0.15) is 0 Å². The van der Waals surface area contributed by atoms with Gasteiger partial charge in [-0.25, -0.2) is 0 Å². The number of ether oxygens (including phenoxy) is 1. The molecular formula is C16H31NO. The molecule has 18 heavy (non-hydrogen) atoms. The van der Waals surface area contributed by atoms with E-state index in [0.717, 1.165) is 19.1 Å². The van der Waals surface area contributed by atoms with Gasteiger partial charge in [0.25, 0.3) is 0 Å². The van der Waals surface area contributed by atoms with Crippen LogP contribution in [0, 0.1) is 17.3 Å². The van der Waals surface area contributed by atoms with Crippen LogP contribution in [-0.4, -0.2) is 18.8 Å². The number of hydrogen-bond acceptors (Lipinski definition) is 2. The molecule has 0 spiro atoms. The van der Waals surface area contributed by atoms with Gasteiger partial charge in [0.2, 0.25) is 0 Å². The quantitative estimate of drug-likeness (QED) is 0.831. The van der Waals surface area contributed by atoms with Gasteiger partial charge in [-0.15, -0.1) is 0 Å². The highest BCUT2D eigenvalue weighted by atomic mass is 16.5. The van der Waals surface area contributed by atoms with Crippen molar-refractivity contribution < 1.29 is 4.74 Å². The van der Waals surface area contributed by atoms with Gasteiger partial charge in [0.15, 0.2) is 0 Å². The van der Waals surface area contributed by atoms with Crippen LogP contribution in [-0.2, 0) is 4.74 Å². The lowest BCUT2D eigenvalue weighted by Gasteiger charge is -2.47. The molecule has 106 valence electrons. The van der Waals surface area contributed by atoms with E-state index in [-0.39, 0.29) is 5.54 Å². The lowest BCUT2D eigenvalue weighted by Crippen LogP contribution is -2.52. The predicted octanol–water partition coefficient (Wildman–Crippen LogP) is 3.74. The van der Waals surface area contributed by atoms with Gasteiger partial charge in [-0.3, -0.25) is 0 Å². The number of hydrogen-bond donors (Lipinski definition) is 1. The minimum Gasteiger partial charge on any atom is -0.381 e. The zero-order valence-corrected chi connectivity index (χ0v) is 12.5. The van der Waals surface area contributed by atoms with Crippen molar-refractivity contribution in [2.45, 2.75) is 71.3 Å². The van der Waals surface area contributed by atoms with E-state index in [2.05, 4.69) is 20.8 Å². The SMILES string of the molecule is CCC(C)(C)C1CCC(N)(C2CCOCC2)CC1. The summed E-state index contributed by atoms with van der Waals surface area (Å²) in [5.41, 5.74) is 7.34. The molecule has 0 radical (unpaired) electrons. The minimum atomic E-state index is 0.115. The summed E-state index contributed by atoms with van der Waals surface area (Å²) in [6, 6.07) is 0. The maximum Gasteiger partial charge on any atom is 0.0469 e. The van der Waals surface area contributed by atoms with Crippen molar-refractivity contribution in [1.29, 1.82) is 0 Å². The van der Waals surface area contributed by atoms with Gasteiger partial charge >= 0.3 is 0 Å². The third kappa shape index (κ3) is 2.91. The Morgan fingerprint density at radius 3 is 2.17 bits per heavy atom. The molecule has 1 aliphatic carbocycles. The topological polar surface area (TPSA) is 35.2 Å². The standard InChI is InChI=1S/C16H31NO/c1-4-15(2,3)13-5-9-16(17,10-6-13)14-7-11-18-12-8-14/h13-14H,4-12,17H2,1-3H3. The first kappa shape index (κ1) is 14.3. The minimum absolute atomic E-state index is 0.115. The Kier molecular flexibility index (Phi) is 4.38. The van der Waals surface area contributed by atoms with E-state index in [1.54, 1.807) is 0 Å². The van der Waals surface area contributed by atoms with Crippen LogP contribution in [0.3, 0.4) is 0 Å². The Morgan fingerprint density at radius 1 is 1.11 bits per heavy atom. The molecule has 2 heteroatoms. The zero-order chi connectivity index (χ0) is 13.2. The monoisotopic (exact) mass is 253 g/mol. The van der Waals surface area contributed by atoms with Crippen molar-refractivity contribution in [2.24, 2.45) is 23.0 Å². The van der Waals surface area contributed by atoms with E-state index in [4.69, 9.17) is 10.5 Å². The maximum atomic E-state index is 6.73. The summed E-state index contributed by atoms with van der Waals surface area (Å²) in [6.45, 7) is 9.02. The van der Waals surface area contributed by atoms with Crippen LogP contribution in [0.5, 0.6) is 0 Å². The average Bonchev–Trinajstić information content (AvgIpc) is 2.40. The van der Waals surface area contributed by atoms with Crippen molar-refractivity contribution >= 4 is 0 Å². The van der Waals surface area contributed by atoms with E-state index < -0.39 is 0 Å². The third-order valence-corrected chi connectivity index (χ3v) is 5.97. The summed E-state index contributed by atoms with van der Waals surface area (Å²) >= 11 is 0. The molecule has 0 aromatic rings. The van der Waals surface area contributed by atoms with Crippen LogP contribution < -0.4 is 5.73 Å². The van der Waals surface area contributed by atoms with Gasteiger partial charge in [-0.05, 0) is 55.8 Å². The van der Waals surface area contributed by atoms with Crippen molar-refractivity contribution in [3.63, 3.8) is 0 Å². The normalized spacial score (nSPS) is 35.7. The highest BCUT2D eigenvalue weighted by Gasteiger charge is 2.41. The average molecular weight is 253 g/mol. The highest BCUT2D eigenvalue weighted by molar-refractivity contribution is 4.98. The molecule has 1 heterocycles. The first-order valence-electron chi connectivity index (χ1n) is 7.84. The molecule has 2 rings (SSSR count). The molecule has 1 saturated carbocycles. The van der Waals surface area contributed by atoms with E-state index in [9.17, 15) is 0 Å². The molecule has 1 saturated heterocycles. The molecule has 1 aliphatic heterocycles. The van der Waals surface area contributed by atoms with Crippen LogP contribution in [0.1, 0.15) is 65.7 Å². The second-order valence-corrected chi connectivity index (χ2v) is 7.24. The fraction of sp³-hybridized carbons (Fsp3) is 1.00. The van der Waals surface area contributed by atoms with E-state index >= 15 is 0 Å². The van der Waals surface area contributed by atoms with Crippen LogP contribution >= 0.6 is 0 Å². The van der Waals surface area contributed by atoms with Gasteiger partial charge < -0.3 is 10.5 Å². The molecule has 2 N–H and O–H groups in total. The van der Waals surface area contributed by atoms with Crippen molar-refractivity contribution in [1.82, 2.24) is 0 Å². The molecule has 2 nitrogen and oxygen atoms in total. The molecule has 0 unspecified atom stereocenters. The Labute approximate surface area is 113 Å². The summed E-state index contributed by atoms with van der Waals surface area (Å²) in [5.74, 6) is 1.58. The predicted molar refractivity (Wildman–Crippen MR) is 76.5 cm³/mol. The molecule has 2 fully saturated rings. The first-order chi connectivity index (χ1) is 8.48. The number of nitrogens with two attached hydrogens (primary N) is 1. The second kappa shape index (κ2) is 5.50. The van der Waals surface area contributed by atoms with Crippen molar-refractivity contribution in [3.05, 3.63) is 0 Å². The molecule has 0 aromatic heterocycles. The molecule has 0 bridgehead atoms. The van der Waals surface area contributed by atoms with Gasteiger partial charge in [0.1, 0.15) is 0 Å². The van der Waals surface area contributed by atoms with E-state index in [1.165, 1.54) is 44.9 Å². The van der Waals surface area contributed by atoms with E-state index in [0.29, 0.717) is 11.3 Å². The highest BCUT2D eigenvalue weighted by Crippen LogP contribution is 2.46. The summed E-state index contributed by atoms with van der Waals surface area (Å²) in [4.78, 5) is 0. The summed E-state index contributed by atoms with van der Waals surface area (Å²) in [6.07, 6.45) is 8.75.